The molecular formula is C24H33Cl2FN2O3. The summed E-state index contributed by atoms with van der Waals surface area (Å²) in [5.41, 5.74) is -0.738. The van der Waals surface area contributed by atoms with Crippen LogP contribution in [-0.4, -0.2) is 23.0 Å². The van der Waals surface area contributed by atoms with Gasteiger partial charge in [-0.25, -0.2) is 4.39 Å². The van der Waals surface area contributed by atoms with Crippen LogP contribution in [0.15, 0.2) is 6.07 Å². The quantitative estimate of drug-likeness (QED) is 0.462. The number of benzene rings is 1. The van der Waals surface area contributed by atoms with E-state index in [1.807, 2.05) is 6.92 Å². The molecule has 178 valence electrons. The summed E-state index contributed by atoms with van der Waals surface area (Å²) in [6.45, 7) is 9.92. The van der Waals surface area contributed by atoms with Crippen molar-refractivity contribution in [1.82, 2.24) is 10.6 Å². The number of rotatable bonds is 5. The monoisotopic (exact) mass is 486 g/mol. The van der Waals surface area contributed by atoms with Crippen LogP contribution in [0.1, 0.15) is 78.3 Å². The molecule has 3 rings (SSSR count). The molecule has 0 saturated heterocycles. The van der Waals surface area contributed by atoms with E-state index in [0.29, 0.717) is 18.8 Å². The zero-order valence-corrected chi connectivity index (χ0v) is 20.8. The molecule has 3 N–H and O–H groups in total. The van der Waals surface area contributed by atoms with Gasteiger partial charge < -0.3 is 15.7 Å². The highest BCUT2D eigenvalue weighted by Crippen LogP contribution is 2.62. The van der Waals surface area contributed by atoms with E-state index in [1.165, 1.54) is 6.92 Å². The molecule has 0 heterocycles. The van der Waals surface area contributed by atoms with E-state index >= 15 is 4.39 Å². The molecule has 2 aliphatic carbocycles. The number of phenols is 1. The Hall–Kier alpha value is -1.53. The molecule has 32 heavy (non-hydrogen) atoms. The lowest BCUT2D eigenvalue weighted by atomic mass is 9.61. The third-order valence-electron chi connectivity index (χ3n) is 8.39. The van der Waals surface area contributed by atoms with Gasteiger partial charge in [-0.1, -0.05) is 50.9 Å². The van der Waals surface area contributed by atoms with Crippen molar-refractivity contribution in [1.29, 1.82) is 0 Å². The Morgan fingerprint density at radius 1 is 1.22 bits per heavy atom. The fourth-order valence-electron chi connectivity index (χ4n) is 5.59. The second-order valence-electron chi connectivity index (χ2n) is 10.3. The molecule has 0 spiro atoms. The van der Waals surface area contributed by atoms with Gasteiger partial charge in [0.25, 0.3) is 0 Å². The number of halogens is 3. The van der Waals surface area contributed by atoms with Gasteiger partial charge in [0.05, 0.1) is 16.1 Å². The third kappa shape index (κ3) is 4.33. The van der Waals surface area contributed by atoms with Crippen LogP contribution < -0.4 is 10.6 Å². The van der Waals surface area contributed by atoms with E-state index in [0.717, 1.165) is 25.3 Å². The molecule has 8 heteroatoms. The van der Waals surface area contributed by atoms with Crippen molar-refractivity contribution in [3.05, 3.63) is 27.5 Å². The number of hydrogen-bond donors (Lipinski definition) is 3. The summed E-state index contributed by atoms with van der Waals surface area (Å²) < 4.78 is 15.3. The average Bonchev–Trinajstić information content (AvgIpc) is 3.24. The van der Waals surface area contributed by atoms with Gasteiger partial charge in [0.2, 0.25) is 11.8 Å². The summed E-state index contributed by atoms with van der Waals surface area (Å²) in [6.07, 6.45) is 3.57. The van der Waals surface area contributed by atoms with Gasteiger partial charge in [-0.2, -0.15) is 0 Å². The molecule has 2 amide bonds. The first kappa shape index (κ1) is 25.1. The van der Waals surface area contributed by atoms with Crippen molar-refractivity contribution in [3.8, 4) is 5.75 Å². The highest BCUT2D eigenvalue weighted by molar-refractivity contribution is 6.42. The summed E-state index contributed by atoms with van der Waals surface area (Å²) in [7, 11) is 0. The van der Waals surface area contributed by atoms with Crippen LogP contribution in [0.2, 0.25) is 10.0 Å². The fourth-order valence-corrected chi connectivity index (χ4v) is 6.04. The Morgan fingerprint density at radius 3 is 2.44 bits per heavy atom. The Morgan fingerprint density at radius 2 is 1.88 bits per heavy atom. The van der Waals surface area contributed by atoms with Crippen molar-refractivity contribution < 1.29 is 19.1 Å². The van der Waals surface area contributed by atoms with Gasteiger partial charge in [-0.15, -0.1) is 0 Å². The Bertz CT molecular complexity index is 897. The molecule has 5 atom stereocenters. The van der Waals surface area contributed by atoms with Crippen LogP contribution >= 0.6 is 23.2 Å². The van der Waals surface area contributed by atoms with E-state index in [2.05, 4.69) is 31.4 Å². The Balaban J connectivity index is 2.00. The maximum absolute atomic E-state index is 15.3. The lowest BCUT2D eigenvalue weighted by Crippen LogP contribution is -2.48. The zero-order valence-electron chi connectivity index (χ0n) is 19.3. The van der Waals surface area contributed by atoms with Crippen LogP contribution in [0, 0.1) is 28.5 Å². The minimum Gasteiger partial charge on any atom is -0.505 e. The number of nitrogens with one attached hydrogen (secondary N) is 2. The Labute approximate surface area is 199 Å². The number of aromatic hydroxyl groups is 1. The van der Waals surface area contributed by atoms with Gasteiger partial charge in [0.15, 0.2) is 11.6 Å². The number of carbonyl (C=O) groups is 2. The highest BCUT2D eigenvalue weighted by atomic mass is 35.5. The molecule has 1 aromatic rings. The second-order valence-corrected chi connectivity index (χ2v) is 11.1. The molecule has 5 nitrogen and oxygen atoms in total. The number of phenolic OH excluding ortho intramolecular Hbond substituents is 1. The van der Waals surface area contributed by atoms with Crippen LogP contribution in [0.3, 0.4) is 0 Å². The smallest absolute Gasteiger partial charge is 0.223 e. The third-order valence-corrected chi connectivity index (χ3v) is 9.20. The van der Waals surface area contributed by atoms with Gasteiger partial charge in [-0.05, 0) is 48.9 Å². The molecule has 0 bridgehead atoms. The summed E-state index contributed by atoms with van der Waals surface area (Å²) in [5, 5.41) is 16.2. The molecule has 1 aromatic carbocycles. The van der Waals surface area contributed by atoms with Crippen molar-refractivity contribution in [2.75, 3.05) is 0 Å². The molecule has 2 aliphatic rings. The van der Waals surface area contributed by atoms with E-state index in [9.17, 15) is 14.7 Å². The van der Waals surface area contributed by atoms with E-state index in [1.54, 1.807) is 0 Å². The lowest BCUT2D eigenvalue weighted by molar-refractivity contribution is -0.127. The van der Waals surface area contributed by atoms with Crippen molar-refractivity contribution >= 4 is 35.0 Å². The van der Waals surface area contributed by atoms with Gasteiger partial charge >= 0.3 is 0 Å². The fraction of sp³-hybridized carbons (Fsp3) is 0.667. The minimum atomic E-state index is -0.858. The maximum atomic E-state index is 15.3. The largest absolute Gasteiger partial charge is 0.505 e. The van der Waals surface area contributed by atoms with Crippen LogP contribution in [-0.2, 0) is 9.59 Å². The highest BCUT2D eigenvalue weighted by Gasteiger charge is 2.56. The number of amides is 2. The molecule has 2 unspecified atom stereocenters. The second kappa shape index (κ2) is 9.02. The normalized spacial score (nSPS) is 30.2. The first-order valence-electron chi connectivity index (χ1n) is 11.2. The van der Waals surface area contributed by atoms with E-state index < -0.39 is 23.0 Å². The standard InChI is InChI=1S/C24H33Cl2FN2O3/c1-12-8-9-24(5,23(12,3)4)21(18-19(26)16(25)11-17(31)20(18)27)29-22(32)14-6-7-15(10-14)28-13(2)30/h11-12,14-15,21,31H,6-10H2,1-5H3,(H,28,30)(H,29,32)/t12?,14-,15-,21-,24?/m1/s1. The molecule has 0 radical (unpaired) electrons. The summed E-state index contributed by atoms with van der Waals surface area (Å²) in [4.78, 5) is 24.8. The van der Waals surface area contributed by atoms with Crippen LogP contribution in [0.4, 0.5) is 4.39 Å². The molecule has 2 fully saturated rings. The summed E-state index contributed by atoms with van der Waals surface area (Å²) in [6, 6.07) is 0.268. The first-order valence-corrected chi connectivity index (χ1v) is 12.0. The predicted octanol–water partition coefficient (Wildman–Crippen LogP) is 5.76. The zero-order chi connectivity index (χ0) is 24.0. The first-order chi connectivity index (χ1) is 14.8. The average molecular weight is 487 g/mol. The van der Waals surface area contributed by atoms with Gasteiger partial charge in [0.1, 0.15) is 0 Å². The number of carbonyl (C=O) groups excluding carboxylic acids is 2. The van der Waals surface area contributed by atoms with Crippen LogP contribution in [0.25, 0.3) is 0 Å². The Kier molecular flexibility index (Phi) is 7.07. The molecule has 0 aromatic heterocycles. The maximum Gasteiger partial charge on any atom is 0.223 e. The van der Waals surface area contributed by atoms with Crippen molar-refractivity contribution in [2.45, 2.75) is 78.8 Å². The lowest BCUT2D eigenvalue weighted by Gasteiger charge is -2.47. The van der Waals surface area contributed by atoms with Crippen molar-refractivity contribution in [2.24, 2.45) is 22.7 Å². The predicted molar refractivity (Wildman–Crippen MR) is 124 cm³/mol. The minimum absolute atomic E-state index is 0.00592. The van der Waals surface area contributed by atoms with E-state index in [-0.39, 0.29) is 44.8 Å². The SMILES string of the molecule is CC(=O)N[C@@H]1CC[C@@H](C(=O)N[C@H](c2c(F)c(O)cc(Cl)c2Cl)C2(C)CCC(C)C2(C)C)C1. The van der Waals surface area contributed by atoms with Gasteiger partial charge in [0, 0.05) is 30.5 Å². The van der Waals surface area contributed by atoms with Crippen LogP contribution in [0.5, 0.6) is 5.75 Å². The summed E-state index contributed by atoms with van der Waals surface area (Å²) in [5.74, 6) is -1.72. The van der Waals surface area contributed by atoms with Gasteiger partial charge in [-0.3, -0.25) is 9.59 Å². The molecule has 2 saturated carbocycles. The van der Waals surface area contributed by atoms with E-state index in [4.69, 9.17) is 23.2 Å². The topological polar surface area (TPSA) is 78.4 Å². The number of hydrogen-bond acceptors (Lipinski definition) is 3. The van der Waals surface area contributed by atoms with Crippen molar-refractivity contribution in [3.63, 3.8) is 0 Å². The molecular weight excluding hydrogens is 454 g/mol. The summed E-state index contributed by atoms with van der Waals surface area (Å²) >= 11 is 12.7. The molecule has 0 aliphatic heterocycles.